The Morgan fingerprint density at radius 3 is 2.76 bits per heavy atom. The second kappa shape index (κ2) is 7.42. The molecule has 4 heterocycles. The Labute approximate surface area is 170 Å². The SMILES string of the molecule is CC(=O)N(C)[C@H]1CCN(C(=O)c2cnc3c(c2)CC[C@](C)(c2cncnc2)N3)C1. The highest BCUT2D eigenvalue weighted by atomic mass is 16.2. The van der Waals surface area contributed by atoms with Crippen molar-refractivity contribution >= 4 is 17.6 Å². The fraction of sp³-hybridized carbons (Fsp3) is 0.476. The first-order valence-corrected chi connectivity index (χ1v) is 9.92. The number of carbonyl (C=O) groups excluding carboxylic acids is 2. The molecule has 0 bridgehead atoms. The number of amides is 2. The lowest BCUT2D eigenvalue weighted by atomic mass is 9.84. The van der Waals surface area contributed by atoms with Crippen molar-refractivity contribution in [3.05, 3.63) is 47.7 Å². The largest absolute Gasteiger partial charge is 0.360 e. The molecule has 0 saturated carbocycles. The molecule has 0 unspecified atom stereocenters. The van der Waals surface area contributed by atoms with E-state index in [0.29, 0.717) is 18.7 Å². The van der Waals surface area contributed by atoms with Gasteiger partial charge in [-0.25, -0.2) is 15.0 Å². The minimum Gasteiger partial charge on any atom is -0.360 e. The van der Waals surface area contributed by atoms with Crippen molar-refractivity contribution < 1.29 is 9.59 Å². The summed E-state index contributed by atoms with van der Waals surface area (Å²) < 4.78 is 0. The van der Waals surface area contributed by atoms with Gasteiger partial charge in [0.25, 0.3) is 5.91 Å². The zero-order chi connectivity index (χ0) is 20.6. The van der Waals surface area contributed by atoms with Gasteiger partial charge in [0.2, 0.25) is 5.91 Å². The third-order valence-electron chi connectivity index (χ3n) is 6.19. The van der Waals surface area contributed by atoms with Gasteiger partial charge in [-0.1, -0.05) is 0 Å². The van der Waals surface area contributed by atoms with E-state index in [1.165, 1.54) is 6.33 Å². The molecule has 1 N–H and O–H groups in total. The lowest BCUT2D eigenvalue weighted by Gasteiger charge is -2.36. The van der Waals surface area contributed by atoms with Crippen LogP contribution in [0, 0.1) is 0 Å². The van der Waals surface area contributed by atoms with Crippen LogP contribution in [0.1, 0.15) is 48.2 Å². The van der Waals surface area contributed by atoms with Crippen LogP contribution in [0.2, 0.25) is 0 Å². The second-order valence-electron chi connectivity index (χ2n) is 8.14. The molecule has 2 aromatic rings. The van der Waals surface area contributed by atoms with Gasteiger partial charge in [0, 0.05) is 51.2 Å². The zero-order valence-electron chi connectivity index (χ0n) is 17.1. The molecule has 8 nitrogen and oxygen atoms in total. The van der Waals surface area contributed by atoms with E-state index < -0.39 is 0 Å². The molecule has 2 aliphatic rings. The quantitative estimate of drug-likeness (QED) is 0.854. The van der Waals surface area contributed by atoms with E-state index in [1.54, 1.807) is 25.1 Å². The van der Waals surface area contributed by atoms with Crippen molar-refractivity contribution in [1.29, 1.82) is 0 Å². The first-order chi connectivity index (χ1) is 13.9. The lowest BCUT2D eigenvalue weighted by Crippen LogP contribution is -2.39. The van der Waals surface area contributed by atoms with Gasteiger partial charge in [-0.2, -0.15) is 0 Å². The summed E-state index contributed by atoms with van der Waals surface area (Å²) in [5.41, 5.74) is 2.38. The van der Waals surface area contributed by atoms with E-state index in [0.717, 1.165) is 36.2 Å². The van der Waals surface area contributed by atoms with Gasteiger partial charge in [-0.05, 0) is 37.8 Å². The van der Waals surface area contributed by atoms with Crippen molar-refractivity contribution in [2.24, 2.45) is 0 Å². The minimum absolute atomic E-state index is 0.0236. The van der Waals surface area contributed by atoms with E-state index in [9.17, 15) is 9.59 Å². The predicted molar refractivity (Wildman–Crippen MR) is 108 cm³/mol. The Hall–Kier alpha value is -3.03. The van der Waals surface area contributed by atoms with Crippen LogP contribution in [0.3, 0.4) is 0 Å². The van der Waals surface area contributed by atoms with E-state index >= 15 is 0 Å². The topological polar surface area (TPSA) is 91.3 Å². The van der Waals surface area contributed by atoms with Crippen LogP contribution in [0.15, 0.2) is 31.0 Å². The number of aromatic nitrogens is 3. The van der Waals surface area contributed by atoms with Gasteiger partial charge in [0.1, 0.15) is 12.1 Å². The smallest absolute Gasteiger partial charge is 0.255 e. The third-order valence-corrected chi connectivity index (χ3v) is 6.19. The summed E-state index contributed by atoms with van der Waals surface area (Å²) in [6.45, 7) is 4.89. The zero-order valence-corrected chi connectivity index (χ0v) is 17.1. The number of likely N-dealkylation sites (tertiary alicyclic amines) is 1. The summed E-state index contributed by atoms with van der Waals surface area (Å²) in [7, 11) is 1.79. The molecule has 2 amide bonds. The maximum absolute atomic E-state index is 13.0. The van der Waals surface area contributed by atoms with Crippen LogP contribution >= 0.6 is 0 Å². The summed E-state index contributed by atoms with van der Waals surface area (Å²) in [4.78, 5) is 40.9. The number of fused-ring (bicyclic) bond motifs is 1. The van der Waals surface area contributed by atoms with Crippen LogP contribution in [-0.2, 0) is 16.8 Å². The standard InChI is InChI=1S/C21H26N6O2/c1-14(28)26(3)18-5-7-27(12-18)20(29)16-8-15-4-6-21(2,25-19(15)24-9-16)17-10-22-13-23-11-17/h8-11,13,18H,4-7,12H2,1-3H3,(H,24,25)/t18-,21+/m0/s1. The monoisotopic (exact) mass is 394 g/mol. The van der Waals surface area contributed by atoms with Crippen molar-refractivity contribution in [3.8, 4) is 0 Å². The summed E-state index contributed by atoms with van der Waals surface area (Å²) in [5, 5.41) is 3.50. The molecule has 2 atom stereocenters. The van der Waals surface area contributed by atoms with E-state index in [1.807, 2.05) is 23.4 Å². The number of pyridine rings is 1. The summed E-state index contributed by atoms with van der Waals surface area (Å²) in [6.07, 6.45) is 9.30. The summed E-state index contributed by atoms with van der Waals surface area (Å²) in [5.74, 6) is 0.803. The normalized spacial score (nSPS) is 23.3. The number of nitrogens with zero attached hydrogens (tertiary/aromatic N) is 5. The van der Waals surface area contributed by atoms with Gasteiger partial charge in [0.15, 0.2) is 0 Å². The van der Waals surface area contributed by atoms with Gasteiger partial charge in [0.05, 0.1) is 17.1 Å². The Morgan fingerprint density at radius 2 is 2.03 bits per heavy atom. The highest BCUT2D eigenvalue weighted by molar-refractivity contribution is 5.94. The van der Waals surface area contributed by atoms with Gasteiger partial charge in [-0.15, -0.1) is 0 Å². The molecule has 1 fully saturated rings. The Kier molecular flexibility index (Phi) is 4.94. The van der Waals surface area contributed by atoms with Crippen molar-refractivity contribution in [2.75, 3.05) is 25.5 Å². The fourth-order valence-corrected chi connectivity index (χ4v) is 4.12. The summed E-state index contributed by atoms with van der Waals surface area (Å²) >= 11 is 0. The fourth-order valence-electron chi connectivity index (χ4n) is 4.12. The van der Waals surface area contributed by atoms with Crippen molar-refractivity contribution in [2.45, 2.75) is 44.7 Å². The molecule has 0 aromatic carbocycles. The molecule has 2 aliphatic heterocycles. The van der Waals surface area contributed by atoms with Crippen molar-refractivity contribution in [1.82, 2.24) is 24.8 Å². The van der Waals surface area contributed by atoms with Gasteiger partial charge < -0.3 is 15.1 Å². The highest BCUT2D eigenvalue weighted by Gasteiger charge is 2.34. The van der Waals surface area contributed by atoms with Crippen molar-refractivity contribution in [3.63, 3.8) is 0 Å². The number of hydrogen-bond donors (Lipinski definition) is 1. The molecule has 0 radical (unpaired) electrons. The van der Waals surface area contributed by atoms with E-state index in [2.05, 4.69) is 27.2 Å². The molecule has 29 heavy (non-hydrogen) atoms. The molecule has 152 valence electrons. The first-order valence-electron chi connectivity index (χ1n) is 9.92. The minimum atomic E-state index is -0.285. The van der Waals surface area contributed by atoms with Crippen LogP contribution in [0.25, 0.3) is 0 Å². The number of aryl methyl sites for hydroxylation is 1. The maximum Gasteiger partial charge on any atom is 0.255 e. The van der Waals surface area contributed by atoms with E-state index in [-0.39, 0.29) is 23.4 Å². The molecular formula is C21H26N6O2. The number of anilines is 1. The average molecular weight is 394 g/mol. The first kappa shape index (κ1) is 19.3. The average Bonchev–Trinajstić information content (AvgIpc) is 3.23. The van der Waals surface area contributed by atoms with Crippen LogP contribution in [0.4, 0.5) is 5.82 Å². The number of hydrogen-bond acceptors (Lipinski definition) is 6. The Bertz CT molecular complexity index is 934. The Morgan fingerprint density at radius 1 is 1.28 bits per heavy atom. The summed E-state index contributed by atoms with van der Waals surface area (Å²) in [6, 6.07) is 2.03. The molecule has 2 aromatic heterocycles. The predicted octanol–water partition coefficient (Wildman–Crippen LogP) is 1.84. The van der Waals surface area contributed by atoms with E-state index in [4.69, 9.17) is 0 Å². The Balaban J connectivity index is 1.49. The van der Waals surface area contributed by atoms with Crippen LogP contribution in [-0.4, -0.2) is 62.7 Å². The number of likely N-dealkylation sites (N-methyl/N-ethyl adjacent to an activating group) is 1. The number of nitrogens with one attached hydrogen (secondary N) is 1. The molecule has 4 rings (SSSR count). The molecular weight excluding hydrogens is 368 g/mol. The molecule has 1 saturated heterocycles. The maximum atomic E-state index is 13.0. The molecule has 8 heteroatoms. The molecule has 0 spiro atoms. The molecule has 0 aliphatic carbocycles. The van der Waals surface area contributed by atoms with Crippen LogP contribution < -0.4 is 5.32 Å². The highest BCUT2D eigenvalue weighted by Crippen LogP contribution is 2.36. The number of rotatable bonds is 3. The lowest BCUT2D eigenvalue weighted by molar-refractivity contribution is -0.129. The van der Waals surface area contributed by atoms with Gasteiger partial charge >= 0.3 is 0 Å². The van der Waals surface area contributed by atoms with Crippen LogP contribution in [0.5, 0.6) is 0 Å². The third kappa shape index (κ3) is 3.66. The van der Waals surface area contributed by atoms with Gasteiger partial charge in [-0.3, -0.25) is 9.59 Å². The number of carbonyl (C=O) groups is 2. The second-order valence-corrected chi connectivity index (χ2v) is 8.14.